The standard InChI is InChI=1S/C74H108N14O24S.In/c1-50(79-62(90)16-27-107-29-31-109-33-35-111-37-38-112-36-34-110-32-30-108-28-18-76-64(92)46-85-19-21-86(47-66(95)96)23-25-88(49-68(99)100)26-24-87(22-20-85)48-67(97)98)70(102)83-59(41-52-12-14-54(89)15-13-52)71(103)78-45-63(91)80-60(42-53-44-77-56-11-7-6-10-55(53)56)73(105)81-57(17-39-113-2)72(104)84-61(43-65(93)94)74(106)82-58(69(75)101)40-51-8-4-3-5-9-51;/h3-15,44,50,57-61,77,89H,16-43,45-49H2,1-2H3,(H2,75,101)(H,76,92)(H,78,103)(H,79,90)(H,80,91)(H,81,105)(H,82,106)(H,83,102)(H,84,104)(H,93,94)(H,95,96)(H,97,98)(H,99,100);/q;+3/p-3/t50-,57-,58-,59-,60-,61-;/m0./s1. The number of nitrogens with one attached hydrogen (secondary N) is 9. The fourth-order valence-corrected chi connectivity index (χ4v) is 11.9. The minimum Gasteiger partial charge on any atom is -0.549 e. The zero-order valence-corrected chi connectivity index (χ0v) is 68.2. The molecule has 1 aliphatic heterocycles. The van der Waals surface area contributed by atoms with Gasteiger partial charge < -0.3 is 122 Å². The van der Waals surface area contributed by atoms with Crippen LogP contribution in [0.1, 0.15) is 42.9 Å². The van der Waals surface area contributed by atoms with Crippen molar-refractivity contribution in [2.24, 2.45) is 5.73 Å². The van der Waals surface area contributed by atoms with Gasteiger partial charge in [-0.15, -0.1) is 0 Å². The molecule has 5 rings (SSSR count). The van der Waals surface area contributed by atoms with Crippen molar-refractivity contribution < 1.29 is 116 Å². The Balaban J connectivity index is 0.0000274. The number of primary amides is 1. The van der Waals surface area contributed by atoms with Crippen molar-refractivity contribution in [3.63, 3.8) is 0 Å². The molecule has 624 valence electrons. The Labute approximate surface area is 683 Å². The predicted molar refractivity (Wildman–Crippen MR) is 408 cm³/mol. The van der Waals surface area contributed by atoms with E-state index in [9.17, 15) is 87.9 Å². The van der Waals surface area contributed by atoms with E-state index in [1.807, 2.05) is 0 Å². The second-order valence-electron chi connectivity index (χ2n) is 26.3. The molecule has 40 heteroatoms. The maximum absolute atomic E-state index is 14.5. The van der Waals surface area contributed by atoms with E-state index in [0.717, 1.165) is 0 Å². The molecule has 1 aromatic heterocycles. The summed E-state index contributed by atoms with van der Waals surface area (Å²) in [7, 11) is 0. The molecule has 2 heterocycles. The Morgan fingerprint density at radius 3 is 1.44 bits per heavy atom. The number of carboxylic acids is 4. The van der Waals surface area contributed by atoms with Crippen LogP contribution in [0.15, 0.2) is 85.1 Å². The molecule has 4 aromatic rings. The molecule has 0 unspecified atom stereocenters. The van der Waals surface area contributed by atoms with E-state index < -0.39 is 140 Å². The summed E-state index contributed by atoms with van der Waals surface area (Å²) in [5, 5.41) is 75.3. The number of thioether (sulfide) groups is 1. The zero-order chi connectivity index (χ0) is 82.3. The van der Waals surface area contributed by atoms with Crippen LogP contribution < -0.4 is 63.6 Å². The second kappa shape index (κ2) is 55.4. The van der Waals surface area contributed by atoms with Crippen molar-refractivity contribution in [1.82, 2.24) is 67.1 Å². The van der Waals surface area contributed by atoms with Gasteiger partial charge in [-0.3, -0.25) is 67.5 Å². The van der Waals surface area contributed by atoms with Gasteiger partial charge in [-0.05, 0) is 60.2 Å². The van der Waals surface area contributed by atoms with Crippen molar-refractivity contribution >= 4 is 126 Å². The molecular weight excluding hydrogens is 1620 g/mol. The van der Waals surface area contributed by atoms with Crippen molar-refractivity contribution in [2.45, 2.75) is 81.7 Å². The number of para-hydroxylation sites is 1. The van der Waals surface area contributed by atoms with Gasteiger partial charge in [0.15, 0.2) is 0 Å². The van der Waals surface area contributed by atoms with Crippen LogP contribution in [0.2, 0.25) is 0 Å². The number of aromatic nitrogens is 1. The molecule has 0 bridgehead atoms. The SMILES string of the molecule is CSCC[C@H](NC(=O)[C@H](Cc1c[nH]c2ccccc12)NC(=O)CNC(=O)[C@H](Cc1ccc(O)cc1)NC(=O)[C@H](C)NC(=O)CCOCCOCCOCCOCCOCCOCCNC(=O)CN1CCN(CC(=O)[O-])CCN(CC(=O)[O-])CCN(CC(=O)[O-])CC1)C(=O)N[C@@H](CC(=O)O)C(=O)N[C@@H](Cc1ccccc1)C(N)=O.[In+3]. The Kier molecular flexibility index (Phi) is 47.3. The molecule has 1 saturated heterocycles. The van der Waals surface area contributed by atoms with Gasteiger partial charge >= 0.3 is 31.8 Å². The Hall–Kier alpha value is -9.07. The third kappa shape index (κ3) is 40.8. The normalized spacial score (nSPS) is 14.8. The van der Waals surface area contributed by atoms with Crippen LogP contribution in [-0.4, -0.2) is 357 Å². The average Bonchev–Trinajstić information content (AvgIpc) is 1.66. The van der Waals surface area contributed by atoms with Gasteiger partial charge in [0.2, 0.25) is 53.2 Å². The van der Waals surface area contributed by atoms with Crippen LogP contribution in [-0.2, 0) is 110 Å². The molecule has 38 nitrogen and oxygen atoms in total. The van der Waals surface area contributed by atoms with Gasteiger partial charge in [0.05, 0.1) is 117 Å². The number of carbonyl (C=O) groups excluding carboxylic acids is 12. The average molecular weight is 1720 g/mol. The third-order valence-corrected chi connectivity index (χ3v) is 18.1. The number of aliphatic carboxylic acids is 4. The summed E-state index contributed by atoms with van der Waals surface area (Å²) in [5.74, 6) is -12.3. The van der Waals surface area contributed by atoms with E-state index in [1.54, 1.807) is 86.6 Å². The molecule has 13 N–H and O–H groups in total. The molecule has 114 heavy (non-hydrogen) atoms. The van der Waals surface area contributed by atoms with Gasteiger partial charge in [-0.2, -0.15) is 11.8 Å². The van der Waals surface area contributed by atoms with Crippen LogP contribution in [0.5, 0.6) is 5.75 Å². The van der Waals surface area contributed by atoms with Gasteiger partial charge in [0.25, 0.3) is 0 Å². The molecule has 0 radical (unpaired) electrons. The van der Waals surface area contributed by atoms with Gasteiger partial charge in [0, 0.05) is 121 Å². The number of nitrogens with zero attached hydrogens (tertiary/aromatic N) is 4. The van der Waals surface area contributed by atoms with Crippen molar-refractivity contribution in [1.29, 1.82) is 0 Å². The first-order valence-corrected chi connectivity index (χ1v) is 38.3. The van der Waals surface area contributed by atoms with Crippen LogP contribution in [0, 0.1) is 0 Å². The fourth-order valence-electron chi connectivity index (χ4n) is 11.4. The number of carboxylic acid groups (broad SMARTS) is 4. The van der Waals surface area contributed by atoms with E-state index in [0.29, 0.717) is 54.0 Å². The minimum atomic E-state index is -1.73. The summed E-state index contributed by atoms with van der Waals surface area (Å²) in [4.78, 5) is 178. The first kappa shape index (κ1) is 97.3. The van der Waals surface area contributed by atoms with Crippen LogP contribution in [0.4, 0.5) is 0 Å². The minimum absolute atomic E-state index is 0. The maximum atomic E-state index is 14.5. The van der Waals surface area contributed by atoms with Crippen LogP contribution in [0.25, 0.3) is 10.9 Å². The van der Waals surface area contributed by atoms with E-state index in [1.165, 1.54) is 43.0 Å². The number of aromatic amines is 1. The number of phenolic OH excluding ortho intramolecular Hbond substituents is 1. The number of benzene rings is 3. The van der Waals surface area contributed by atoms with E-state index in [-0.39, 0.29) is 194 Å². The number of hydrogen-bond acceptors (Lipinski definition) is 28. The zero-order valence-electron chi connectivity index (χ0n) is 64.1. The molecule has 9 amide bonds. The molecule has 1 fully saturated rings. The Morgan fingerprint density at radius 2 is 0.921 bits per heavy atom. The van der Waals surface area contributed by atoms with Crippen molar-refractivity contribution in [3.05, 3.63) is 102 Å². The summed E-state index contributed by atoms with van der Waals surface area (Å²) in [6, 6.07) is 13.1. The van der Waals surface area contributed by atoms with Crippen molar-refractivity contribution in [3.8, 4) is 5.75 Å². The monoisotopic (exact) mass is 1720 g/mol. The van der Waals surface area contributed by atoms with Crippen molar-refractivity contribution in [2.75, 3.05) is 183 Å². The number of carbonyl (C=O) groups is 13. The molecule has 0 spiro atoms. The fraction of sp³-hybridized carbons (Fsp3) is 0.554. The van der Waals surface area contributed by atoms with Gasteiger partial charge in [-0.1, -0.05) is 60.7 Å². The number of aromatic hydroxyl groups is 1. The quantitative estimate of drug-likeness (QED) is 0.0183. The molecule has 6 atom stereocenters. The first-order chi connectivity index (χ1) is 54.2. The molecular formula is C74H105InN14O24S. The summed E-state index contributed by atoms with van der Waals surface area (Å²) in [6.07, 6.45) is 1.98. The number of amides is 9. The molecule has 3 aromatic carbocycles. The Morgan fingerprint density at radius 1 is 0.482 bits per heavy atom. The third-order valence-electron chi connectivity index (χ3n) is 17.4. The van der Waals surface area contributed by atoms with E-state index in [4.69, 9.17) is 34.2 Å². The topological polar surface area (TPSA) is 538 Å². The molecule has 1 aliphatic rings. The van der Waals surface area contributed by atoms with Crippen LogP contribution in [0.3, 0.4) is 0 Å². The number of fused-ring (bicyclic) bond motifs is 1. The largest absolute Gasteiger partial charge is 3.00 e. The summed E-state index contributed by atoms with van der Waals surface area (Å²) >= 11 is 1.32. The van der Waals surface area contributed by atoms with Gasteiger partial charge in [-0.25, -0.2) is 0 Å². The maximum Gasteiger partial charge on any atom is 3.00 e. The second-order valence-corrected chi connectivity index (χ2v) is 27.3. The number of H-pyrrole nitrogens is 1. The summed E-state index contributed by atoms with van der Waals surface area (Å²) in [5.41, 5.74) is 8.02. The first-order valence-electron chi connectivity index (χ1n) is 36.9. The van der Waals surface area contributed by atoms with E-state index >= 15 is 0 Å². The number of ether oxygens (including phenoxy) is 6. The number of rotatable bonds is 54. The number of hydrogen-bond donors (Lipinski definition) is 12. The van der Waals surface area contributed by atoms with Gasteiger partial charge in [0.1, 0.15) is 42.0 Å². The molecule has 0 saturated carbocycles. The summed E-state index contributed by atoms with van der Waals surface area (Å²) in [6.45, 7) is 4.00. The van der Waals surface area contributed by atoms with Crippen LogP contribution >= 0.6 is 11.8 Å². The number of phenols is 1. The molecule has 0 aliphatic carbocycles. The Bertz CT molecular complexity index is 3630. The van der Waals surface area contributed by atoms with E-state index in [2.05, 4.69) is 47.5 Å². The number of nitrogens with two attached hydrogens (primary N) is 1. The smallest absolute Gasteiger partial charge is 0.549 e. The summed E-state index contributed by atoms with van der Waals surface area (Å²) < 4.78 is 33.2. The predicted octanol–water partition coefficient (Wildman–Crippen LogP) is -7.64.